The largest absolute Gasteiger partial charge is 0.242 e. The van der Waals surface area contributed by atoms with Crippen molar-refractivity contribution in [3.8, 4) is 0 Å². The van der Waals surface area contributed by atoms with E-state index in [4.69, 9.17) is 0 Å². The van der Waals surface area contributed by atoms with Crippen LogP contribution in [0.2, 0.25) is 0 Å². The second-order valence-electron chi connectivity index (χ2n) is 5.24. The SMILES string of the molecule is Cc1sc(Br)cc1S(=O)(=O)NC1CCCc2ccccc21. The number of fused-ring (bicyclic) bond motifs is 1. The highest BCUT2D eigenvalue weighted by Crippen LogP contribution is 2.33. The van der Waals surface area contributed by atoms with E-state index in [9.17, 15) is 8.42 Å². The minimum atomic E-state index is -3.48. The molecular formula is C15H16BrNO2S2. The molecule has 0 saturated carbocycles. The molecule has 2 aromatic rings. The Hall–Kier alpha value is -0.690. The van der Waals surface area contributed by atoms with Gasteiger partial charge in [-0.2, -0.15) is 0 Å². The molecule has 0 aliphatic heterocycles. The van der Waals surface area contributed by atoms with Gasteiger partial charge in [0, 0.05) is 10.9 Å². The molecular weight excluding hydrogens is 370 g/mol. The molecule has 0 saturated heterocycles. The van der Waals surface area contributed by atoms with Crippen LogP contribution in [0.4, 0.5) is 0 Å². The zero-order chi connectivity index (χ0) is 15.0. The summed E-state index contributed by atoms with van der Waals surface area (Å²) in [6.07, 6.45) is 2.88. The first-order valence-electron chi connectivity index (χ1n) is 6.83. The molecule has 1 aromatic carbocycles. The van der Waals surface area contributed by atoms with Gasteiger partial charge in [-0.25, -0.2) is 13.1 Å². The van der Waals surface area contributed by atoms with Gasteiger partial charge in [-0.15, -0.1) is 11.3 Å². The van der Waals surface area contributed by atoms with Crippen LogP contribution in [-0.2, 0) is 16.4 Å². The molecule has 1 aliphatic rings. The van der Waals surface area contributed by atoms with Crippen molar-refractivity contribution in [2.75, 3.05) is 0 Å². The Morgan fingerprint density at radius 1 is 1.33 bits per heavy atom. The first-order valence-corrected chi connectivity index (χ1v) is 9.93. The summed E-state index contributed by atoms with van der Waals surface area (Å²) in [7, 11) is -3.48. The van der Waals surface area contributed by atoms with E-state index in [1.807, 2.05) is 25.1 Å². The van der Waals surface area contributed by atoms with Gasteiger partial charge in [0.2, 0.25) is 10.0 Å². The summed E-state index contributed by atoms with van der Waals surface area (Å²) in [4.78, 5) is 1.18. The molecule has 6 heteroatoms. The van der Waals surface area contributed by atoms with Crippen LogP contribution in [0.25, 0.3) is 0 Å². The third kappa shape index (κ3) is 3.08. The lowest BCUT2D eigenvalue weighted by Crippen LogP contribution is -2.31. The predicted octanol–water partition coefficient (Wildman–Crippen LogP) is 4.17. The second kappa shape index (κ2) is 5.83. The number of aryl methyl sites for hydroxylation is 2. The van der Waals surface area contributed by atoms with Gasteiger partial charge in [-0.1, -0.05) is 24.3 Å². The lowest BCUT2D eigenvalue weighted by atomic mass is 9.88. The molecule has 3 nitrogen and oxygen atoms in total. The molecule has 0 spiro atoms. The third-order valence-electron chi connectivity index (χ3n) is 3.80. The highest BCUT2D eigenvalue weighted by atomic mass is 79.9. The van der Waals surface area contributed by atoms with Crippen molar-refractivity contribution >= 4 is 37.3 Å². The van der Waals surface area contributed by atoms with Gasteiger partial charge in [0.15, 0.2) is 0 Å². The Morgan fingerprint density at radius 3 is 2.81 bits per heavy atom. The topological polar surface area (TPSA) is 46.2 Å². The van der Waals surface area contributed by atoms with E-state index in [0.717, 1.165) is 33.5 Å². The molecule has 1 aromatic heterocycles. The smallest absolute Gasteiger partial charge is 0.207 e. The van der Waals surface area contributed by atoms with Crippen molar-refractivity contribution in [2.24, 2.45) is 0 Å². The molecule has 0 bridgehead atoms. The Morgan fingerprint density at radius 2 is 2.10 bits per heavy atom. The quantitative estimate of drug-likeness (QED) is 0.861. The molecule has 1 aliphatic carbocycles. The number of thiophene rings is 1. The van der Waals surface area contributed by atoms with E-state index in [1.165, 1.54) is 16.9 Å². The normalized spacial score (nSPS) is 18.5. The predicted molar refractivity (Wildman–Crippen MR) is 89.2 cm³/mol. The average molecular weight is 386 g/mol. The Bertz CT molecular complexity index is 768. The number of hydrogen-bond acceptors (Lipinski definition) is 3. The van der Waals surface area contributed by atoms with Gasteiger partial charge in [0.1, 0.15) is 0 Å². The molecule has 0 amide bonds. The van der Waals surface area contributed by atoms with E-state index in [1.54, 1.807) is 6.07 Å². The number of benzene rings is 1. The number of halogens is 1. The van der Waals surface area contributed by atoms with Crippen molar-refractivity contribution in [1.82, 2.24) is 4.72 Å². The number of rotatable bonds is 3. The Balaban J connectivity index is 1.92. The van der Waals surface area contributed by atoms with Crippen LogP contribution in [0.1, 0.15) is 34.9 Å². The number of hydrogen-bond donors (Lipinski definition) is 1. The minimum Gasteiger partial charge on any atom is -0.207 e. The van der Waals surface area contributed by atoms with E-state index in [2.05, 4.69) is 26.7 Å². The average Bonchev–Trinajstić information content (AvgIpc) is 2.79. The first kappa shape index (κ1) is 15.2. The van der Waals surface area contributed by atoms with Gasteiger partial charge in [-0.3, -0.25) is 0 Å². The lowest BCUT2D eigenvalue weighted by Gasteiger charge is -2.26. The fourth-order valence-electron chi connectivity index (χ4n) is 2.82. The standard InChI is InChI=1S/C15H16BrNO2S2/c1-10-14(9-15(16)20-10)21(18,19)17-13-8-4-6-11-5-2-3-7-12(11)13/h2-3,5,7,9,13,17H,4,6,8H2,1H3. The van der Waals surface area contributed by atoms with Gasteiger partial charge in [0.25, 0.3) is 0 Å². The number of nitrogens with one attached hydrogen (secondary N) is 1. The highest BCUT2D eigenvalue weighted by molar-refractivity contribution is 9.11. The molecule has 1 heterocycles. The van der Waals surface area contributed by atoms with Crippen molar-refractivity contribution in [3.05, 3.63) is 50.1 Å². The lowest BCUT2D eigenvalue weighted by molar-refractivity contribution is 0.507. The van der Waals surface area contributed by atoms with E-state index in [-0.39, 0.29) is 6.04 Å². The van der Waals surface area contributed by atoms with Crippen LogP contribution in [0.3, 0.4) is 0 Å². The fraction of sp³-hybridized carbons (Fsp3) is 0.333. The summed E-state index contributed by atoms with van der Waals surface area (Å²) in [6, 6.07) is 9.64. The summed E-state index contributed by atoms with van der Waals surface area (Å²) in [6.45, 7) is 1.83. The second-order valence-corrected chi connectivity index (χ2v) is 9.55. The highest BCUT2D eigenvalue weighted by Gasteiger charge is 2.27. The van der Waals surface area contributed by atoms with E-state index < -0.39 is 10.0 Å². The zero-order valence-corrected chi connectivity index (χ0v) is 14.8. The number of sulfonamides is 1. The van der Waals surface area contributed by atoms with Gasteiger partial charge < -0.3 is 0 Å². The fourth-order valence-corrected chi connectivity index (χ4v) is 6.49. The van der Waals surface area contributed by atoms with Gasteiger partial charge in [-0.05, 0) is 59.3 Å². The molecule has 1 unspecified atom stereocenters. The first-order chi connectivity index (χ1) is 9.97. The summed E-state index contributed by atoms with van der Waals surface area (Å²) >= 11 is 4.79. The van der Waals surface area contributed by atoms with Crippen molar-refractivity contribution in [3.63, 3.8) is 0 Å². The maximum Gasteiger partial charge on any atom is 0.242 e. The summed E-state index contributed by atoms with van der Waals surface area (Å²) in [5.41, 5.74) is 2.36. The van der Waals surface area contributed by atoms with Gasteiger partial charge >= 0.3 is 0 Å². The Labute approximate surface area is 137 Å². The maximum atomic E-state index is 12.6. The third-order valence-corrected chi connectivity index (χ3v) is 7.08. The van der Waals surface area contributed by atoms with Crippen LogP contribution in [0.15, 0.2) is 39.0 Å². The zero-order valence-electron chi connectivity index (χ0n) is 11.6. The molecule has 0 radical (unpaired) electrons. The van der Waals surface area contributed by atoms with Crippen molar-refractivity contribution in [2.45, 2.75) is 37.1 Å². The van der Waals surface area contributed by atoms with E-state index >= 15 is 0 Å². The molecule has 1 atom stereocenters. The van der Waals surface area contributed by atoms with Crippen LogP contribution >= 0.6 is 27.3 Å². The monoisotopic (exact) mass is 385 g/mol. The van der Waals surface area contributed by atoms with Gasteiger partial charge in [0.05, 0.1) is 8.68 Å². The van der Waals surface area contributed by atoms with Crippen LogP contribution in [0, 0.1) is 6.92 Å². The summed E-state index contributed by atoms with van der Waals surface area (Å²) < 4.78 is 29.0. The maximum absolute atomic E-state index is 12.6. The molecule has 1 N–H and O–H groups in total. The van der Waals surface area contributed by atoms with Crippen molar-refractivity contribution < 1.29 is 8.42 Å². The molecule has 0 fully saturated rings. The van der Waals surface area contributed by atoms with Crippen LogP contribution < -0.4 is 4.72 Å². The van der Waals surface area contributed by atoms with Crippen LogP contribution in [0.5, 0.6) is 0 Å². The molecule has 112 valence electrons. The summed E-state index contributed by atoms with van der Waals surface area (Å²) in [5, 5.41) is 0. The van der Waals surface area contributed by atoms with E-state index in [0.29, 0.717) is 4.90 Å². The summed E-state index contributed by atoms with van der Waals surface area (Å²) in [5.74, 6) is 0. The Kier molecular flexibility index (Phi) is 4.23. The molecule has 3 rings (SSSR count). The minimum absolute atomic E-state index is 0.127. The molecule has 21 heavy (non-hydrogen) atoms. The van der Waals surface area contributed by atoms with Crippen LogP contribution in [-0.4, -0.2) is 8.42 Å². The van der Waals surface area contributed by atoms with Crippen molar-refractivity contribution in [1.29, 1.82) is 0 Å².